The van der Waals surface area contributed by atoms with Crippen LogP contribution < -0.4 is 24.8 Å². The maximum atomic E-state index is 14.4. The van der Waals surface area contributed by atoms with Crippen LogP contribution >= 0.6 is 0 Å². The van der Waals surface area contributed by atoms with Gasteiger partial charge in [0.25, 0.3) is 5.91 Å². The zero-order valence-electron chi connectivity index (χ0n) is 29.9. The first kappa shape index (κ1) is 38.6. The van der Waals surface area contributed by atoms with Crippen molar-refractivity contribution in [2.24, 2.45) is 17.8 Å². The van der Waals surface area contributed by atoms with Gasteiger partial charge in [-0.2, -0.15) is 0 Å². The summed E-state index contributed by atoms with van der Waals surface area (Å²) in [6.07, 6.45) is 5.80. The van der Waals surface area contributed by atoms with E-state index in [1.807, 2.05) is 38.1 Å². The van der Waals surface area contributed by atoms with Crippen LogP contribution in [0.3, 0.4) is 0 Å². The molecule has 3 fully saturated rings. The van der Waals surface area contributed by atoms with Crippen LogP contribution in [0.4, 0.5) is 4.79 Å². The topological polar surface area (TPSA) is 193 Å². The molecule has 14 nitrogen and oxygen atoms in total. The van der Waals surface area contributed by atoms with Crippen LogP contribution in [-0.2, 0) is 24.4 Å². The summed E-state index contributed by atoms with van der Waals surface area (Å²) in [5.41, 5.74) is -1.58. The Morgan fingerprint density at radius 2 is 1.87 bits per heavy atom. The lowest BCUT2D eigenvalue weighted by atomic mass is 9.88. The predicted octanol–water partition coefficient (Wildman–Crippen LogP) is 3.92. The number of carbonyl (C=O) groups excluding carboxylic acids is 3. The predicted molar refractivity (Wildman–Crippen MR) is 194 cm³/mol. The van der Waals surface area contributed by atoms with Crippen molar-refractivity contribution in [2.75, 3.05) is 13.2 Å². The summed E-state index contributed by atoms with van der Waals surface area (Å²) >= 11 is 0. The maximum Gasteiger partial charge on any atom is 0.405 e. The monoisotopic (exact) mass is 739 g/mol. The molecule has 4 amide bonds. The van der Waals surface area contributed by atoms with Gasteiger partial charge in [0, 0.05) is 23.1 Å². The second-order valence-electron chi connectivity index (χ2n) is 14.2. The fourth-order valence-electron chi connectivity index (χ4n) is 7.11. The second-order valence-corrected chi connectivity index (χ2v) is 16.1. The van der Waals surface area contributed by atoms with Gasteiger partial charge in [-0.3, -0.25) is 19.1 Å². The number of benzene rings is 1. The Labute approximate surface area is 304 Å². The number of allylic oxidation sites excluding steroid dienone is 1. The zero-order chi connectivity index (χ0) is 37.8. The van der Waals surface area contributed by atoms with Gasteiger partial charge in [0.2, 0.25) is 27.7 Å². The molecule has 1 aliphatic heterocycles. The average Bonchev–Trinajstić information content (AvgIpc) is 4.03. The summed E-state index contributed by atoms with van der Waals surface area (Å²) in [7, 11) is -3.91. The molecule has 3 aliphatic rings. The van der Waals surface area contributed by atoms with Gasteiger partial charge in [0.15, 0.2) is 0 Å². The number of ether oxygens (including phenoxy) is 2. The molecule has 4 N–H and O–H groups in total. The van der Waals surface area contributed by atoms with Crippen molar-refractivity contribution in [1.82, 2.24) is 25.2 Å². The number of pyridine rings is 1. The van der Waals surface area contributed by atoms with E-state index in [1.54, 1.807) is 19.2 Å². The molecule has 0 bridgehead atoms. The van der Waals surface area contributed by atoms with E-state index in [0.717, 1.165) is 18.2 Å². The van der Waals surface area contributed by atoms with Crippen LogP contribution in [0.5, 0.6) is 11.6 Å². The lowest BCUT2D eigenvalue weighted by molar-refractivity contribution is -0.142. The van der Waals surface area contributed by atoms with Crippen molar-refractivity contribution in [2.45, 2.75) is 94.7 Å². The molecule has 52 heavy (non-hydrogen) atoms. The van der Waals surface area contributed by atoms with Crippen molar-refractivity contribution in [1.29, 1.82) is 0 Å². The van der Waals surface area contributed by atoms with E-state index in [-0.39, 0.29) is 31.2 Å². The summed E-state index contributed by atoms with van der Waals surface area (Å²) in [4.78, 5) is 59.9. The van der Waals surface area contributed by atoms with Gasteiger partial charge in [-0.25, -0.2) is 18.2 Å². The highest BCUT2D eigenvalue weighted by Crippen LogP contribution is 2.45. The molecule has 0 radical (unpaired) electrons. The van der Waals surface area contributed by atoms with Crippen LogP contribution in [0.1, 0.15) is 65.7 Å². The van der Waals surface area contributed by atoms with Gasteiger partial charge in [-0.05, 0) is 63.4 Å². The molecule has 2 heterocycles. The first-order chi connectivity index (χ1) is 24.7. The van der Waals surface area contributed by atoms with Gasteiger partial charge in [0.1, 0.15) is 29.5 Å². The molecule has 0 spiro atoms. The molecule has 15 heteroatoms. The summed E-state index contributed by atoms with van der Waals surface area (Å²) < 4.78 is 39.6. The largest absolute Gasteiger partial charge is 0.492 e. The Balaban J connectivity index is 1.44. The van der Waals surface area contributed by atoms with Gasteiger partial charge in [-0.1, -0.05) is 44.2 Å². The number of hydrogen-bond donors (Lipinski definition) is 4. The number of nitrogens with zero attached hydrogens (tertiary/aromatic N) is 2. The molecular formula is C37H49N5O9S. The lowest BCUT2D eigenvalue weighted by Gasteiger charge is -2.32. The fourth-order valence-corrected chi connectivity index (χ4v) is 8.47. The molecule has 1 aromatic carbocycles. The highest BCUT2D eigenvalue weighted by molar-refractivity contribution is 7.91. The molecule has 2 saturated carbocycles. The van der Waals surface area contributed by atoms with Crippen LogP contribution in [0, 0.1) is 17.8 Å². The van der Waals surface area contributed by atoms with E-state index < -0.39 is 74.7 Å². The normalized spacial score (nSPS) is 24.2. The fraction of sp³-hybridized carbons (Fsp3) is 0.541. The maximum absolute atomic E-state index is 14.4. The third-order valence-corrected chi connectivity index (χ3v) is 12.0. The lowest BCUT2D eigenvalue weighted by Crippen LogP contribution is -2.59. The van der Waals surface area contributed by atoms with Crippen LogP contribution in [0.15, 0.2) is 55.8 Å². The molecule has 2 aliphatic carbocycles. The van der Waals surface area contributed by atoms with E-state index in [0.29, 0.717) is 37.0 Å². The van der Waals surface area contributed by atoms with Crippen molar-refractivity contribution in [3.63, 3.8) is 0 Å². The minimum Gasteiger partial charge on any atom is -0.492 e. The van der Waals surface area contributed by atoms with Crippen molar-refractivity contribution >= 4 is 44.6 Å². The second kappa shape index (κ2) is 15.9. The van der Waals surface area contributed by atoms with Crippen molar-refractivity contribution in [3.05, 3.63) is 55.8 Å². The summed E-state index contributed by atoms with van der Waals surface area (Å²) in [5, 5.41) is 15.7. The number of amides is 4. The number of carbonyl (C=O) groups is 4. The Bertz CT molecular complexity index is 1820. The van der Waals surface area contributed by atoms with E-state index in [9.17, 15) is 32.7 Å². The Hall–Kier alpha value is -4.66. The quantitative estimate of drug-likeness (QED) is 0.163. The average molecular weight is 740 g/mol. The number of carboxylic acid groups (broad SMARTS) is 1. The molecule has 2 unspecified atom stereocenters. The molecule has 282 valence electrons. The standard InChI is InChI=1S/C37H49N5O9S/c1-6-9-12-22(4)17-23(5)31(39-36(46)47)34(44)42-21-25(51-33-28-14-11-10-13-27(28)30(20-38-33)50-8-3)18-29(42)32(43)40-37(19-24(37)7-2)35(45)41-52(48,49)26-15-16-26/h6-7,10-11,13-14,20,22-26,29,31,39H,1-2,8-9,12,15-19,21H2,3-5H3,(H,40,43)(H,41,45)(H,46,47)/t22?,23-,24-,25-,29+,31?,37-/m1/s1. The molecule has 1 saturated heterocycles. The minimum absolute atomic E-state index is 0.0124. The van der Waals surface area contributed by atoms with Gasteiger partial charge >= 0.3 is 6.09 Å². The molecule has 5 rings (SSSR count). The van der Waals surface area contributed by atoms with Gasteiger partial charge < -0.3 is 30.1 Å². The van der Waals surface area contributed by atoms with E-state index in [2.05, 4.69) is 33.5 Å². The molecule has 7 atom stereocenters. The van der Waals surface area contributed by atoms with E-state index in [4.69, 9.17) is 9.47 Å². The minimum atomic E-state index is -3.91. The molecule has 1 aromatic heterocycles. The summed E-state index contributed by atoms with van der Waals surface area (Å²) in [5.74, 6) is -2.18. The summed E-state index contributed by atoms with van der Waals surface area (Å²) in [6.45, 7) is 13.5. The first-order valence-corrected chi connectivity index (χ1v) is 19.4. The SMILES string of the molecule is C=CCCC(C)C[C@@H](C)C(NC(=O)O)C(=O)N1C[C@H](Oc2ncc(OCC)c3ccccc23)C[C@H]1C(=O)N[C@]1(C(=O)NS(=O)(=O)C2CC2)C[C@H]1C=C. The van der Waals surface area contributed by atoms with Gasteiger partial charge in [0.05, 0.1) is 24.6 Å². The highest BCUT2D eigenvalue weighted by Gasteiger charge is 2.62. The first-order valence-electron chi connectivity index (χ1n) is 17.8. The third-order valence-electron chi connectivity index (χ3n) is 10.1. The van der Waals surface area contributed by atoms with Crippen molar-refractivity contribution < 1.29 is 42.2 Å². The van der Waals surface area contributed by atoms with Gasteiger partial charge in [-0.15, -0.1) is 13.2 Å². The third kappa shape index (κ3) is 8.51. The van der Waals surface area contributed by atoms with Crippen LogP contribution in [0.25, 0.3) is 10.8 Å². The molecule has 2 aromatic rings. The number of sulfonamides is 1. The Morgan fingerprint density at radius 3 is 2.48 bits per heavy atom. The highest BCUT2D eigenvalue weighted by atomic mass is 32.2. The molecular weight excluding hydrogens is 691 g/mol. The number of aromatic nitrogens is 1. The smallest absolute Gasteiger partial charge is 0.405 e. The van der Waals surface area contributed by atoms with E-state index in [1.165, 1.54) is 11.0 Å². The van der Waals surface area contributed by atoms with Crippen molar-refractivity contribution in [3.8, 4) is 11.6 Å². The van der Waals surface area contributed by atoms with E-state index >= 15 is 0 Å². The number of nitrogens with one attached hydrogen (secondary N) is 3. The number of rotatable bonds is 18. The van der Waals surface area contributed by atoms with Crippen LogP contribution in [-0.4, -0.2) is 89.4 Å². The summed E-state index contributed by atoms with van der Waals surface area (Å²) in [6, 6.07) is 5.00. The zero-order valence-corrected chi connectivity index (χ0v) is 30.7. The Morgan fingerprint density at radius 1 is 1.15 bits per heavy atom. The Kier molecular flexibility index (Phi) is 11.8. The van der Waals surface area contributed by atoms with Crippen LogP contribution in [0.2, 0.25) is 0 Å². The number of fused-ring (bicyclic) bond motifs is 1. The number of hydrogen-bond acceptors (Lipinski definition) is 9. The number of likely N-dealkylation sites (tertiary alicyclic amines) is 1.